The molecule has 0 aliphatic heterocycles. The predicted octanol–water partition coefficient (Wildman–Crippen LogP) is 4.58. The zero-order valence-electron chi connectivity index (χ0n) is 17.9. The van der Waals surface area contributed by atoms with Gasteiger partial charge in [0, 0.05) is 36.3 Å². The number of ether oxygens (including phenoxy) is 1. The van der Waals surface area contributed by atoms with Gasteiger partial charge in [-0.1, -0.05) is 13.8 Å². The summed E-state index contributed by atoms with van der Waals surface area (Å²) in [4.78, 5) is 4.90. The molecule has 1 saturated carbocycles. The Morgan fingerprint density at radius 1 is 1.07 bits per heavy atom. The summed E-state index contributed by atoms with van der Waals surface area (Å²) in [6.07, 6.45) is 8.68. The van der Waals surface area contributed by atoms with Crippen molar-refractivity contribution in [2.45, 2.75) is 58.0 Å². The maximum atomic E-state index is 5.52. The highest BCUT2D eigenvalue weighted by Gasteiger charge is 2.26. The summed E-state index contributed by atoms with van der Waals surface area (Å²) in [5, 5.41) is 1.39. The van der Waals surface area contributed by atoms with Crippen molar-refractivity contribution >= 4 is 10.9 Å². The molecular weight excluding hydrogens is 334 g/mol. The van der Waals surface area contributed by atoms with Crippen LogP contribution in [0.25, 0.3) is 10.9 Å². The smallest absolute Gasteiger partial charge is 0.120 e. The minimum Gasteiger partial charge on any atom is -0.497 e. The topological polar surface area (TPSA) is 20.6 Å². The first-order valence-electron chi connectivity index (χ1n) is 10.6. The van der Waals surface area contributed by atoms with Gasteiger partial charge in [-0.2, -0.15) is 0 Å². The Hall–Kier alpha value is -1.52. The lowest BCUT2D eigenvalue weighted by molar-refractivity contribution is 0.151. The third-order valence-corrected chi connectivity index (χ3v) is 6.34. The number of methoxy groups -OCH3 is 1. The second-order valence-electron chi connectivity index (χ2n) is 8.18. The number of aromatic nitrogens is 1. The van der Waals surface area contributed by atoms with Crippen LogP contribution in [-0.2, 0) is 6.42 Å². The van der Waals surface area contributed by atoms with Gasteiger partial charge in [0.15, 0.2) is 0 Å². The maximum absolute atomic E-state index is 5.52. The van der Waals surface area contributed by atoms with Crippen LogP contribution in [0.2, 0.25) is 0 Å². The third-order valence-electron chi connectivity index (χ3n) is 6.34. The van der Waals surface area contributed by atoms with Crippen molar-refractivity contribution in [3.05, 3.63) is 30.0 Å². The molecule has 0 N–H and O–H groups in total. The molecule has 1 aliphatic rings. The first-order valence-corrected chi connectivity index (χ1v) is 10.6. The molecule has 1 fully saturated rings. The van der Waals surface area contributed by atoms with Crippen molar-refractivity contribution in [2.24, 2.45) is 0 Å². The Morgan fingerprint density at radius 2 is 1.78 bits per heavy atom. The molecule has 4 nitrogen and oxygen atoms in total. The average Bonchev–Trinajstić information content (AvgIpc) is 3.05. The van der Waals surface area contributed by atoms with Crippen LogP contribution in [0.1, 0.15) is 51.1 Å². The van der Waals surface area contributed by atoms with Crippen LogP contribution < -0.4 is 4.74 Å². The van der Waals surface area contributed by atoms with E-state index in [1.165, 1.54) is 55.2 Å². The SMILES string of the molecule is CCN(CC)C1CCC(n2cc(CCN(C)C)c3ccc(OC)cc32)CC1. The Labute approximate surface area is 165 Å². The van der Waals surface area contributed by atoms with Crippen molar-refractivity contribution in [1.29, 1.82) is 0 Å². The molecule has 1 aromatic heterocycles. The van der Waals surface area contributed by atoms with E-state index in [9.17, 15) is 0 Å². The minimum absolute atomic E-state index is 0.611. The van der Waals surface area contributed by atoms with Gasteiger partial charge in [0.1, 0.15) is 5.75 Å². The van der Waals surface area contributed by atoms with Crippen molar-refractivity contribution in [1.82, 2.24) is 14.4 Å². The van der Waals surface area contributed by atoms with E-state index in [0.717, 1.165) is 24.8 Å². The van der Waals surface area contributed by atoms with Crippen LogP contribution in [0.3, 0.4) is 0 Å². The van der Waals surface area contributed by atoms with Crippen LogP contribution in [0, 0.1) is 0 Å². The normalized spacial score (nSPS) is 20.7. The molecule has 0 spiro atoms. The number of rotatable bonds is 8. The fourth-order valence-corrected chi connectivity index (χ4v) is 4.72. The summed E-state index contributed by atoms with van der Waals surface area (Å²) >= 11 is 0. The van der Waals surface area contributed by atoms with E-state index in [-0.39, 0.29) is 0 Å². The monoisotopic (exact) mass is 371 g/mol. The molecule has 0 radical (unpaired) electrons. The zero-order valence-corrected chi connectivity index (χ0v) is 17.9. The second kappa shape index (κ2) is 9.11. The van der Waals surface area contributed by atoms with Gasteiger partial charge in [0.2, 0.25) is 0 Å². The van der Waals surface area contributed by atoms with Crippen LogP contribution >= 0.6 is 0 Å². The van der Waals surface area contributed by atoms with Gasteiger partial charge in [-0.05, 0) is 77.0 Å². The molecule has 4 heteroatoms. The lowest BCUT2D eigenvalue weighted by Gasteiger charge is -2.36. The third kappa shape index (κ3) is 4.49. The van der Waals surface area contributed by atoms with Gasteiger partial charge < -0.3 is 19.1 Å². The van der Waals surface area contributed by atoms with E-state index in [1.807, 2.05) is 0 Å². The lowest BCUT2D eigenvalue weighted by Crippen LogP contribution is -2.38. The van der Waals surface area contributed by atoms with E-state index in [1.54, 1.807) is 7.11 Å². The molecule has 0 atom stereocenters. The quantitative estimate of drug-likeness (QED) is 0.677. The number of hydrogen-bond donors (Lipinski definition) is 0. The van der Waals surface area contributed by atoms with E-state index in [4.69, 9.17) is 4.74 Å². The first kappa shape index (κ1) is 20.2. The Kier molecular flexibility index (Phi) is 6.83. The summed E-state index contributed by atoms with van der Waals surface area (Å²) in [6, 6.07) is 7.95. The largest absolute Gasteiger partial charge is 0.497 e. The summed E-state index contributed by atoms with van der Waals surface area (Å²) in [7, 11) is 6.06. The fourth-order valence-electron chi connectivity index (χ4n) is 4.72. The first-order chi connectivity index (χ1) is 13.1. The van der Waals surface area contributed by atoms with Crippen LogP contribution in [0.4, 0.5) is 0 Å². The molecule has 3 rings (SSSR count). The summed E-state index contributed by atoms with van der Waals surface area (Å²) in [5.41, 5.74) is 2.81. The highest BCUT2D eigenvalue weighted by atomic mass is 16.5. The van der Waals surface area contributed by atoms with E-state index >= 15 is 0 Å². The van der Waals surface area contributed by atoms with Crippen molar-refractivity contribution in [3.63, 3.8) is 0 Å². The summed E-state index contributed by atoms with van der Waals surface area (Å²) in [5.74, 6) is 0.956. The molecule has 1 aromatic carbocycles. The van der Waals surface area contributed by atoms with Gasteiger partial charge in [0.25, 0.3) is 0 Å². The van der Waals surface area contributed by atoms with Gasteiger partial charge in [-0.3, -0.25) is 0 Å². The van der Waals surface area contributed by atoms with Gasteiger partial charge >= 0.3 is 0 Å². The van der Waals surface area contributed by atoms with Crippen molar-refractivity contribution < 1.29 is 4.74 Å². The molecule has 1 heterocycles. The van der Waals surface area contributed by atoms with E-state index in [0.29, 0.717) is 6.04 Å². The maximum Gasteiger partial charge on any atom is 0.120 e. The number of likely N-dealkylation sites (N-methyl/N-ethyl adjacent to an activating group) is 1. The number of hydrogen-bond acceptors (Lipinski definition) is 3. The molecule has 0 amide bonds. The van der Waals surface area contributed by atoms with Gasteiger partial charge in [-0.15, -0.1) is 0 Å². The van der Waals surface area contributed by atoms with Crippen molar-refractivity contribution in [2.75, 3.05) is 40.8 Å². The standard InChI is InChI=1S/C23H37N3O/c1-6-25(7-2)19-8-10-20(11-9-19)26-17-18(14-15-24(3)4)22-13-12-21(27-5)16-23(22)26/h12-13,16-17,19-20H,6-11,14-15H2,1-5H3. The van der Waals surface area contributed by atoms with Crippen LogP contribution in [-0.4, -0.2) is 61.2 Å². The molecule has 1 aliphatic carbocycles. The molecule has 0 unspecified atom stereocenters. The zero-order chi connectivity index (χ0) is 19.4. The molecule has 0 bridgehead atoms. The lowest BCUT2D eigenvalue weighted by atomic mass is 9.90. The molecule has 0 saturated heterocycles. The van der Waals surface area contributed by atoms with Gasteiger partial charge in [-0.25, -0.2) is 0 Å². The average molecular weight is 372 g/mol. The Morgan fingerprint density at radius 3 is 2.37 bits per heavy atom. The van der Waals surface area contributed by atoms with Crippen LogP contribution in [0.15, 0.2) is 24.4 Å². The molecule has 27 heavy (non-hydrogen) atoms. The molecular formula is C23H37N3O. The highest BCUT2D eigenvalue weighted by Crippen LogP contribution is 2.36. The number of fused-ring (bicyclic) bond motifs is 1. The fraction of sp³-hybridized carbons (Fsp3) is 0.652. The minimum atomic E-state index is 0.611. The predicted molar refractivity (Wildman–Crippen MR) is 115 cm³/mol. The second-order valence-corrected chi connectivity index (χ2v) is 8.18. The van der Waals surface area contributed by atoms with E-state index < -0.39 is 0 Å². The summed E-state index contributed by atoms with van der Waals surface area (Å²) in [6.45, 7) is 8.00. The number of nitrogens with zero attached hydrogens (tertiary/aromatic N) is 3. The number of benzene rings is 1. The molecule has 2 aromatic rings. The van der Waals surface area contributed by atoms with Gasteiger partial charge in [0.05, 0.1) is 12.6 Å². The highest BCUT2D eigenvalue weighted by molar-refractivity contribution is 5.85. The van der Waals surface area contributed by atoms with Crippen molar-refractivity contribution in [3.8, 4) is 5.75 Å². The molecule has 150 valence electrons. The summed E-state index contributed by atoms with van der Waals surface area (Å²) < 4.78 is 8.08. The Bertz CT molecular complexity index is 725. The van der Waals surface area contributed by atoms with Crippen LogP contribution in [0.5, 0.6) is 5.75 Å². The van der Waals surface area contributed by atoms with E-state index in [2.05, 4.69) is 66.7 Å². The Balaban J connectivity index is 1.85.